The highest BCUT2D eigenvalue weighted by Crippen LogP contribution is 2.09. The topological polar surface area (TPSA) is 145 Å². The lowest BCUT2D eigenvalue weighted by molar-refractivity contribution is -0.148. The normalized spacial score (nSPS) is 16.3. The molecule has 0 aromatic heterocycles. The number of nitrogens with two attached hydrogens (primary N) is 1. The van der Waals surface area contributed by atoms with Crippen LogP contribution in [0.25, 0.3) is 0 Å². The number of nitrogens with one attached hydrogen (secondary N) is 1. The van der Waals surface area contributed by atoms with Crippen molar-refractivity contribution in [3.05, 3.63) is 0 Å². The number of amidine groups is 1. The molecule has 0 aliphatic carbocycles. The van der Waals surface area contributed by atoms with Crippen molar-refractivity contribution >= 4 is 29.8 Å². The zero-order valence-electron chi connectivity index (χ0n) is 15.2. The minimum Gasteiger partial charge on any atom is -0.463 e. The summed E-state index contributed by atoms with van der Waals surface area (Å²) < 4.78 is 14.6. The van der Waals surface area contributed by atoms with Crippen molar-refractivity contribution in [2.45, 2.75) is 45.7 Å². The molecule has 1 amide bonds. The first kappa shape index (κ1) is 21.4. The molecule has 0 aromatic carbocycles. The maximum atomic E-state index is 12.2. The lowest BCUT2D eigenvalue weighted by Gasteiger charge is -2.28. The number of rotatable bonds is 8. The Hall–Kier alpha value is -2.69. The van der Waals surface area contributed by atoms with E-state index >= 15 is 0 Å². The molecule has 0 bridgehead atoms. The van der Waals surface area contributed by atoms with E-state index in [9.17, 15) is 14.4 Å². The fourth-order valence-electron chi connectivity index (χ4n) is 1.75. The molecule has 0 saturated heterocycles. The van der Waals surface area contributed by atoms with E-state index in [2.05, 4.69) is 20.0 Å². The molecule has 1 unspecified atom stereocenters. The van der Waals surface area contributed by atoms with Crippen molar-refractivity contribution in [1.82, 2.24) is 10.3 Å². The summed E-state index contributed by atoms with van der Waals surface area (Å²) in [7, 11) is 1.14. The van der Waals surface area contributed by atoms with Gasteiger partial charge in [0.2, 0.25) is 18.0 Å². The molecule has 146 valence electrons. The van der Waals surface area contributed by atoms with E-state index in [4.69, 9.17) is 15.3 Å². The predicted molar refractivity (Wildman–Crippen MR) is 92.0 cm³/mol. The second kappa shape index (κ2) is 11.0. The largest absolute Gasteiger partial charge is 0.463 e. The summed E-state index contributed by atoms with van der Waals surface area (Å²) in [6.45, 7) is 4.25. The maximum Gasteiger partial charge on any atom is 0.413 e. The summed E-state index contributed by atoms with van der Waals surface area (Å²) in [5, 5.41) is 3.00. The molecule has 11 nitrogen and oxygen atoms in total. The molecule has 0 fully saturated rings. The molecular formula is C15H25N5O6. The van der Waals surface area contributed by atoms with Gasteiger partial charge in [-0.2, -0.15) is 4.99 Å². The Labute approximate surface area is 151 Å². The van der Waals surface area contributed by atoms with Crippen molar-refractivity contribution in [2.24, 2.45) is 15.8 Å². The Balaban J connectivity index is 2.97. The Bertz CT molecular complexity index is 577. The number of methoxy groups -OCH3 is 1. The van der Waals surface area contributed by atoms with Crippen molar-refractivity contribution in [1.29, 1.82) is 0 Å². The van der Waals surface area contributed by atoms with Gasteiger partial charge in [-0.05, 0) is 12.8 Å². The number of amides is 1. The van der Waals surface area contributed by atoms with E-state index in [0.717, 1.165) is 25.0 Å². The number of nitrogens with zero attached hydrogens (tertiary/aromatic N) is 3. The monoisotopic (exact) mass is 371 g/mol. The number of hydrazine groups is 1. The minimum absolute atomic E-state index is 0.182. The molecule has 1 rings (SSSR count). The second-order valence-electron chi connectivity index (χ2n) is 5.30. The van der Waals surface area contributed by atoms with E-state index in [0.29, 0.717) is 12.8 Å². The number of unbranched alkanes of at least 4 members (excludes halogenated alkanes) is 2. The molecule has 26 heavy (non-hydrogen) atoms. The fourth-order valence-corrected chi connectivity index (χ4v) is 1.75. The van der Waals surface area contributed by atoms with Gasteiger partial charge in [0, 0.05) is 0 Å². The van der Waals surface area contributed by atoms with Crippen LogP contribution in [0.2, 0.25) is 0 Å². The van der Waals surface area contributed by atoms with E-state index in [1.807, 2.05) is 13.8 Å². The van der Waals surface area contributed by atoms with Gasteiger partial charge in [0.1, 0.15) is 0 Å². The van der Waals surface area contributed by atoms with Gasteiger partial charge in [0.25, 0.3) is 0 Å². The van der Waals surface area contributed by atoms with Crippen LogP contribution < -0.4 is 11.2 Å². The number of hydrogen-bond acceptors (Lipinski definition) is 10. The zero-order valence-corrected chi connectivity index (χ0v) is 15.2. The Morgan fingerprint density at radius 3 is 2.35 bits per heavy atom. The van der Waals surface area contributed by atoms with E-state index in [1.165, 1.54) is 0 Å². The molecular weight excluding hydrogens is 346 g/mol. The summed E-state index contributed by atoms with van der Waals surface area (Å²) in [5.41, 5.74) is 0. The molecule has 0 saturated carbocycles. The van der Waals surface area contributed by atoms with E-state index < -0.39 is 30.0 Å². The lowest BCUT2D eigenvalue weighted by atomic mass is 10.3. The predicted octanol–water partition coefficient (Wildman–Crippen LogP) is 0.299. The van der Waals surface area contributed by atoms with Crippen LogP contribution in [0.1, 0.15) is 39.5 Å². The van der Waals surface area contributed by atoms with Crippen LogP contribution in [0, 0.1) is 0 Å². The molecule has 1 heterocycles. The Kier molecular flexibility index (Phi) is 9.06. The number of ether oxygens (including phenoxy) is 3. The average molecular weight is 371 g/mol. The van der Waals surface area contributed by atoms with Crippen molar-refractivity contribution in [2.75, 3.05) is 20.3 Å². The first-order valence-electron chi connectivity index (χ1n) is 8.33. The van der Waals surface area contributed by atoms with Crippen LogP contribution in [-0.2, 0) is 23.8 Å². The number of carbonyl (C=O) groups excluding carboxylic acids is 3. The smallest absolute Gasteiger partial charge is 0.413 e. The third kappa shape index (κ3) is 6.31. The maximum absolute atomic E-state index is 12.2. The highest BCUT2D eigenvalue weighted by atomic mass is 16.5. The van der Waals surface area contributed by atoms with Gasteiger partial charge in [-0.25, -0.2) is 30.2 Å². The highest BCUT2D eigenvalue weighted by molar-refractivity contribution is 6.38. The number of alkyl carbamates (subject to hydrolysis) is 1. The molecule has 0 spiro atoms. The summed E-state index contributed by atoms with van der Waals surface area (Å²) in [4.78, 5) is 43.5. The first-order chi connectivity index (χ1) is 12.4. The standard InChI is InChI=1S/C15H25N5O6/c1-4-6-8-25-12(21)10-17-11(13(22)26-9-7-5-2)20(16)14(18-10)19-15(23)24-3/h11H,4-9,16H2,1-3H3,(H,17,18,19,23). The van der Waals surface area contributed by atoms with Crippen LogP contribution in [0.3, 0.4) is 0 Å². The third-order valence-corrected chi connectivity index (χ3v) is 3.23. The van der Waals surface area contributed by atoms with Gasteiger partial charge < -0.3 is 14.2 Å². The van der Waals surface area contributed by atoms with E-state index in [-0.39, 0.29) is 19.2 Å². The number of guanidine groups is 1. The molecule has 1 atom stereocenters. The van der Waals surface area contributed by atoms with Gasteiger partial charge in [0.15, 0.2) is 0 Å². The summed E-state index contributed by atoms with van der Waals surface area (Å²) >= 11 is 0. The average Bonchev–Trinajstić information content (AvgIpc) is 2.63. The van der Waals surface area contributed by atoms with Crippen molar-refractivity contribution < 1.29 is 28.6 Å². The Morgan fingerprint density at radius 2 is 1.77 bits per heavy atom. The van der Waals surface area contributed by atoms with Crippen LogP contribution in [-0.4, -0.2) is 61.3 Å². The number of aliphatic imine (C=N–C) groups is 2. The van der Waals surface area contributed by atoms with Gasteiger partial charge in [-0.3, -0.25) is 5.32 Å². The SMILES string of the molecule is CCCCOC(=O)C1=NC(C(=O)OCCCC)N(N)C(NC(=O)OC)=N1. The van der Waals surface area contributed by atoms with Gasteiger partial charge in [0.05, 0.1) is 20.3 Å². The molecule has 0 radical (unpaired) electrons. The van der Waals surface area contributed by atoms with E-state index in [1.54, 1.807) is 0 Å². The number of esters is 2. The first-order valence-corrected chi connectivity index (χ1v) is 8.33. The van der Waals surface area contributed by atoms with Crippen LogP contribution >= 0.6 is 0 Å². The fraction of sp³-hybridized carbons (Fsp3) is 0.667. The number of carbonyl (C=O) groups is 3. The summed E-state index contributed by atoms with van der Waals surface area (Å²) in [6.07, 6.45) is 0.741. The molecule has 11 heteroatoms. The molecule has 1 aliphatic heterocycles. The second-order valence-corrected chi connectivity index (χ2v) is 5.30. The minimum atomic E-state index is -1.38. The van der Waals surface area contributed by atoms with Gasteiger partial charge >= 0.3 is 18.0 Å². The third-order valence-electron chi connectivity index (χ3n) is 3.23. The molecule has 0 aromatic rings. The van der Waals surface area contributed by atoms with Crippen molar-refractivity contribution in [3.63, 3.8) is 0 Å². The van der Waals surface area contributed by atoms with Gasteiger partial charge in [-0.1, -0.05) is 26.7 Å². The molecule has 1 aliphatic rings. The Morgan fingerprint density at radius 1 is 1.15 bits per heavy atom. The van der Waals surface area contributed by atoms with Crippen LogP contribution in [0.4, 0.5) is 4.79 Å². The zero-order chi connectivity index (χ0) is 19.5. The van der Waals surface area contributed by atoms with Crippen LogP contribution in [0.5, 0.6) is 0 Å². The summed E-state index contributed by atoms with van der Waals surface area (Å²) in [5.74, 6) is 3.50. The molecule has 3 N–H and O–H groups in total. The van der Waals surface area contributed by atoms with Gasteiger partial charge in [-0.15, -0.1) is 0 Å². The highest BCUT2D eigenvalue weighted by Gasteiger charge is 2.35. The quantitative estimate of drug-likeness (QED) is 0.268. The summed E-state index contributed by atoms with van der Waals surface area (Å²) in [6, 6.07) is 0. The van der Waals surface area contributed by atoms with Crippen LogP contribution in [0.15, 0.2) is 9.98 Å². The van der Waals surface area contributed by atoms with Crippen molar-refractivity contribution in [3.8, 4) is 0 Å². The lowest BCUT2D eigenvalue weighted by Crippen LogP contribution is -2.58. The number of hydrogen-bond donors (Lipinski definition) is 2.